The van der Waals surface area contributed by atoms with Gasteiger partial charge >= 0.3 is 0 Å². The maximum Gasteiger partial charge on any atom is 0.223 e. The summed E-state index contributed by atoms with van der Waals surface area (Å²) in [6.45, 7) is 4.42. The third-order valence-electron chi connectivity index (χ3n) is 3.20. The Morgan fingerprint density at radius 3 is 2.82 bits per heavy atom. The van der Waals surface area contributed by atoms with E-state index in [1.54, 1.807) is 6.07 Å². The van der Waals surface area contributed by atoms with Crippen LogP contribution in [-0.2, 0) is 0 Å². The molecule has 2 unspecified atom stereocenters. The van der Waals surface area contributed by atoms with Crippen LogP contribution < -0.4 is 16.8 Å². The van der Waals surface area contributed by atoms with Crippen molar-refractivity contribution in [3.05, 3.63) is 6.07 Å². The molecule has 2 rings (SSSR count). The van der Waals surface area contributed by atoms with Gasteiger partial charge in [0, 0.05) is 18.7 Å². The third kappa shape index (κ3) is 2.97. The fraction of sp³-hybridized carbons (Fsp3) is 0.636. The summed E-state index contributed by atoms with van der Waals surface area (Å²) in [5.41, 5.74) is 11.2. The van der Waals surface area contributed by atoms with Crippen molar-refractivity contribution in [2.75, 3.05) is 36.9 Å². The van der Waals surface area contributed by atoms with E-state index in [0.717, 1.165) is 25.3 Å². The van der Waals surface area contributed by atoms with Crippen molar-refractivity contribution in [2.45, 2.75) is 19.4 Å². The number of nitrogen functional groups attached to an aromatic ring is 2. The first-order valence-electron chi connectivity index (χ1n) is 5.89. The molecule has 1 aromatic heterocycles. The molecule has 2 atom stereocenters. The molecule has 0 spiro atoms. The molecule has 94 valence electrons. The van der Waals surface area contributed by atoms with Crippen LogP contribution >= 0.6 is 0 Å². The Bertz CT molecular complexity index is 373. The van der Waals surface area contributed by atoms with Crippen LogP contribution in [0.1, 0.15) is 13.3 Å². The fourth-order valence-corrected chi connectivity index (χ4v) is 2.32. The number of aromatic nitrogens is 2. The summed E-state index contributed by atoms with van der Waals surface area (Å²) in [6.07, 6.45) is 1.10. The highest BCUT2D eigenvalue weighted by Gasteiger charge is 2.24. The molecule has 5 N–H and O–H groups in total. The van der Waals surface area contributed by atoms with Crippen molar-refractivity contribution in [3.63, 3.8) is 0 Å². The van der Waals surface area contributed by atoms with Crippen LogP contribution in [-0.4, -0.2) is 41.0 Å². The molecule has 1 aliphatic rings. The summed E-state index contributed by atoms with van der Waals surface area (Å²) in [5.74, 6) is 1.91. The first-order chi connectivity index (χ1) is 8.04. The first-order valence-corrected chi connectivity index (χ1v) is 5.89. The molecule has 1 saturated heterocycles. The van der Waals surface area contributed by atoms with Gasteiger partial charge in [-0.2, -0.15) is 9.97 Å². The van der Waals surface area contributed by atoms with Crippen LogP contribution in [0, 0.1) is 5.92 Å². The molecule has 0 amide bonds. The Hall–Kier alpha value is -1.56. The quantitative estimate of drug-likeness (QED) is 0.688. The molecule has 6 heteroatoms. The minimum absolute atomic E-state index is 0.216. The van der Waals surface area contributed by atoms with Gasteiger partial charge in [-0.15, -0.1) is 0 Å². The number of nitrogens with zero attached hydrogens (tertiary/aromatic N) is 3. The van der Waals surface area contributed by atoms with Crippen LogP contribution in [0.4, 0.5) is 17.6 Å². The number of anilines is 3. The van der Waals surface area contributed by atoms with E-state index in [-0.39, 0.29) is 5.95 Å². The molecule has 1 aliphatic heterocycles. The molecular formula is C11H20N6. The summed E-state index contributed by atoms with van der Waals surface area (Å²) in [4.78, 5) is 10.3. The lowest BCUT2D eigenvalue weighted by molar-refractivity contribution is 0.206. The minimum Gasteiger partial charge on any atom is -0.383 e. The molecule has 6 nitrogen and oxygen atoms in total. The van der Waals surface area contributed by atoms with Crippen LogP contribution in [0.5, 0.6) is 0 Å². The molecule has 0 aromatic carbocycles. The second-order valence-corrected chi connectivity index (χ2v) is 4.82. The molecular weight excluding hydrogens is 216 g/mol. The minimum atomic E-state index is 0.216. The Labute approximate surface area is 101 Å². The topological polar surface area (TPSA) is 93.1 Å². The van der Waals surface area contributed by atoms with Crippen LogP contribution in [0.15, 0.2) is 6.07 Å². The van der Waals surface area contributed by atoms with Crippen LogP contribution in [0.3, 0.4) is 0 Å². The smallest absolute Gasteiger partial charge is 0.223 e. The first kappa shape index (κ1) is 11.9. The lowest BCUT2D eigenvalue weighted by Gasteiger charge is -2.35. The number of rotatable bonds is 2. The Morgan fingerprint density at radius 1 is 1.41 bits per heavy atom. The normalized spacial score (nSPS) is 25.8. The number of likely N-dealkylation sites (tertiary alicyclic amines) is 1. The summed E-state index contributed by atoms with van der Waals surface area (Å²) >= 11 is 0. The van der Waals surface area contributed by atoms with Gasteiger partial charge in [0.2, 0.25) is 5.95 Å². The van der Waals surface area contributed by atoms with Crippen molar-refractivity contribution >= 4 is 17.6 Å². The highest BCUT2D eigenvalue weighted by atomic mass is 15.2. The zero-order valence-electron chi connectivity index (χ0n) is 10.3. The molecule has 1 aromatic rings. The Morgan fingerprint density at radius 2 is 2.18 bits per heavy atom. The largest absolute Gasteiger partial charge is 0.383 e. The van der Waals surface area contributed by atoms with Gasteiger partial charge < -0.3 is 21.7 Å². The van der Waals surface area contributed by atoms with Crippen molar-refractivity contribution in [1.82, 2.24) is 14.9 Å². The van der Waals surface area contributed by atoms with E-state index < -0.39 is 0 Å². The van der Waals surface area contributed by atoms with E-state index in [9.17, 15) is 0 Å². The van der Waals surface area contributed by atoms with E-state index in [2.05, 4.69) is 34.2 Å². The lowest BCUT2D eigenvalue weighted by atomic mass is 9.94. The van der Waals surface area contributed by atoms with Gasteiger partial charge in [-0.05, 0) is 25.9 Å². The van der Waals surface area contributed by atoms with Gasteiger partial charge in [-0.25, -0.2) is 0 Å². The highest BCUT2D eigenvalue weighted by Crippen LogP contribution is 2.20. The SMILES string of the molecule is CC1CN(C)CCC1Nc1cc(N)nc(N)n1. The van der Waals surface area contributed by atoms with Crippen LogP contribution in [0.25, 0.3) is 0 Å². The molecule has 0 radical (unpaired) electrons. The molecule has 17 heavy (non-hydrogen) atoms. The van der Waals surface area contributed by atoms with Gasteiger partial charge in [0.15, 0.2) is 0 Å². The van der Waals surface area contributed by atoms with Gasteiger partial charge in [-0.1, -0.05) is 6.92 Å². The molecule has 0 aliphatic carbocycles. The van der Waals surface area contributed by atoms with E-state index in [4.69, 9.17) is 11.5 Å². The van der Waals surface area contributed by atoms with E-state index in [0.29, 0.717) is 17.8 Å². The van der Waals surface area contributed by atoms with E-state index >= 15 is 0 Å². The van der Waals surface area contributed by atoms with Crippen molar-refractivity contribution in [3.8, 4) is 0 Å². The number of piperidine rings is 1. The fourth-order valence-electron chi connectivity index (χ4n) is 2.32. The zero-order chi connectivity index (χ0) is 12.4. The van der Waals surface area contributed by atoms with E-state index in [1.165, 1.54) is 0 Å². The summed E-state index contributed by atoms with van der Waals surface area (Å²) in [5, 5.41) is 3.40. The molecule has 0 saturated carbocycles. The van der Waals surface area contributed by atoms with E-state index in [1.807, 2.05) is 0 Å². The number of nitrogens with one attached hydrogen (secondary N) is 1. The van der Waals surface area contributed by atoms with Gasteiger partial charge in [0.1, 0.15) is 11.6 Å². The summed E-state index contributed by atoms with van der Waals surface area (Å²) in [6, 6.07) is 2.14. The Kier molecular flexibility index (Phi) is 3.33. The number of nitrogens with two attached hydrogens (primary N) is 2. The second-order valence-electron chi connectivity index (χ2n) is 4.82. The van der Waals surface area contributed by atoms with Gasteiger partial charge in [0.25, 0.3) is 0 Å². The van der Waals surface area contributed by atoms with Crippen molar-refractivity contribution in [2.24, 2.45) is 5.92 Å². The Balaban J connectivity index is 2.05. The molecule has 1 fully saturated rings. The average molecular weight is 236 g/mol. The van der Waals surface area contributed by atoms with Gasteiger partial charge in [0.05, 0.1) is 0 Å². The summed E-state index contributed by atoms with van der Waals surface area (Å²) < 4.78 is 0. The maximum atomic E-state index is 5.64. The van der Waals surface area contributed by atoms with Crippen molar-refractivity contribution in [1.29, 1.82) is 0 Å². The maximum absolute atomic E-state index is 5.64. The monoisotopic (exact) mass is 236 g/mol. The summed E-state index contributed by atoms with van der Waals surface area (Å²) in [7, 11) is 2.15. The number of hydrogen-bond donors (Lipinski definition) is 3. The van der Waals surface area contributed by atoms with Crippen LogP contribution in [0.2, 0.25) is 0 Å². The van der Waals surface area contributed by atoms with Crippen molar-refractivity contribution < 1.29 is 0 Å². The number of hydrogen-bond acceptors (Lipinski definition) is 6. The van der Waals surface area contributed by atoms with Gasteiger partial charge in [-0.3, -0.25) is 0 Å². The zero-order valence-corrected chi connectivity index (χ0v) is 10.3. The second kappa shape index (κ2) is 4.75. The third-order valence-corrected chi connectivity index (χ3v) is 3.20. The average Bonchev–Trinajstić information content (AvgIpc) is 2.21. The molecule has 2 heterocycles. The standard InChI is InChI=1S/C11H20N6/c1-7-6-17(2)4-3-8(7)14-10-5-9(12)15-11(13)16-10/h5,7-8H,3-4,6H2,1-2H3,(H5,12,13,14,15,16). The predicted octanol–water partition coefficient (Wildman–Crippen LogP) is 0.393. The lowest BCUT2D eigenvalue weighted by Crippen LogP contribution is -2.43. The predicted molar refractivity (Wildman–Crippen MR) is 69.5 cm³/mol. The highest BCUT2D eigenvalue weighted by molar-refractivity contribution is 5.49. The molecule has 0 bridgehead atoms.